The summed E-state index contributed by atoms with van der Waals surface area (Å²) in [4.78, 5) is 16.8. The molecule has 0 saturated heterocycles. The molecule has 1 aliphatic carbocycles. The first-order valence-electron chi connectivity index (χ1n) is 7.07. The lowest BCUT2D eigenvalue weighted by molar-refractivity contribution is 0.0198. The number of nitrogens with one attached hydrogen (secondary N) is 1. The molecule has 2 heterocycles. The van der Waals surface area contributed by atoms with E-state index in [1.807, 2.05) is 18.3 Å². The lowest BCUT2D eigenvalue weighted by atomic mass is 9.58. The van der Waals surface area contributed by atoms with Gasteiger partial charge in [-0.25, -0.2) is 4.98 Å². The Labute approximate surface area is 132 Å². The number of hydrogen-bond acceptors (Lipinski definition) is 3. The standard InChI is InChI=1S/C15H19BrN4O/c1-15(2)9(7-17)6-12(15)19-14(21)11-8-18-13-10(16)4-3-5-20(11)13/h3-5,8-9,12H,6-7,17H2,1-2H3,(H,19,21). The Kier molecular flexibility index (Phi) is 3.53. The minimum absolute atomic E-state index is 0.0471. The van der Waals surface area contributed by atoms with Crippen molar-refractivity contribution in [3.63, 3.8) is 0 Å². The van der Waals surface area contributed by atoms with Crippen molar-refractivity contribution in [2.45, 2.75) is 26.3 Å². The largest absolute Gasteiger partial charge is 0.347 e. The summed E-state index contributed by atoms with van der Waals surface area (Å²) < 4.78 is 2.67. The molecule has 1 amide bonds. The van der Waals surface area contributed by atoms with E-state index in [4.69, 9.17) is 5.73 Å². The summed E-state index contributed by atoms with van der Waals surface area (Å²) in [5, 5.41) is 3.11. The van der Waals surface area contributed by atoms with Crippen LogP contribution in [0.15, 0.2) is 29.0 Å². The number of nitrogens with two attached hydrogens (primary N) is 1. The molecule has 112 valence electrons. The summed E-state index contributed by atoms with van der Waals surface area (Å²) in [7, 11) is 0. The number of hydrogen-bond donors (Lipinski definition) is 2. The van der Waals surface area contributed by atoms with Gasteiger partial charge in [-0.05, 0) is 52.4 Å². The smallest absolute Gasteiger partial charge is 0.270 e. The van der Waals surface area contributed by atoms with Crippen molar-refractivity contribution in [3.05, 3.63) is 34.7 Å². The monoisotopic (exact) mass is 350 g/mol. The van der Waals surface area contributed by atoms with Gasteiger partial charge in [0.25, 0.3) is 5.91 Å². The van der Waals surface area contributed by atoms with E-state index >= 15 is 0 Å². The van der Waals surface area contributed by atoms with E-state index in [2.05, 4.69) is 40.1 Å². The zero-order chi connectivity index (χ0) is 15.2. The molecule has 21 heavy (non-hydrogen) atoms. The number of amides is 1. The zero-order valence-electron chi connectivity index (χ0n) is 12.1. The van der Waals surface area contributed by atoms with Gasteiger partial charge in [-0.15, -0.1) is 0 Å². The Hall–Kier alpha value is -1.40. The van der Waals surface area contributed by atoms with Gasteiger partial charge in [-0.1, -0.05) is 13.8 Å². The highest BCUT2D eigenvalue weighted by Crippen LogP contribution is 2.45. The highest BCUT2D eigenvalue weighted by Gasteiger charge is 2.47. The topological polar surface area (TPSA) is 72.4 Å². The molecule has 0 aliphatic heterocycles. The van der Waals surface area contributed by atoms with Gasteiger partial charge >= 0.3 is 0 Å². The number of imidazole rings is 1. The molecule has 1 fully saturated rings. The first kappa shape index (κ1) is 14.5. The predicted octanol–water partition coefficient (Wildman–Crippen LogP) is 2.20. The molecule has 0 aromatic carbocycles. The van der Waals surface area contributed by atoms with E-state index in [0.29, 0.717) is 18.2 Å². The zero-order valence-corrected chi connectivity index (χ0v) is 13.7. The van der Waals surface area contributed by atoms with Crippen molar-refractivity contribution in [2.75, 3.05) is 6.54 Å². The van der Waals surface area contributed by atoms with Crippen LogP contribution in [-0.2, 0) is 0 Å². The summed E-state index contributed by atoms with van der Waals surface area (Å²) in [5.74, 6) is 0.383. The Morgan fingerprint density at radius 2 is 2.38 bits per heavy atom. The van der Waals surface area contributed by atoms with E-state index < -0.39 is 0 Å². The molecule has 1 aliphatic rings. The molecule has 2 atom stereocenters. The van der Waals surface area contributed by atoms with Crippen molar-refractivity contribution in [2.24, 2.45) is 17.1 Å². The van der Waals surface area contributed by atoms with Crippen LogP contribution in [0.3, 0.4) is 0 Å². The van der Waals surface area contributed by atoms with Crippen molar-refractivity contribution in [1.82, 2.24) is 14.7 Å². The van der Waals surface area contributed by atoms with Crippen molar-refractivity contribution >= 4 is 27.5 Å². The van der Waals surface area contributed by atoms with Gasteiger partial charge < -0.3 is 11.1 Å². The van der Waals surface area contributed by atoms with Crippen LogP contribution in [0.5, 0.6) is 0 Å². The molecule has 0 radical (unpaired) electrons. The number of halogens is 1. The second kappa shape index (κ2) is 5.10. The van der Waals surface area contributed by atoms with Crippen LogP contribution in [0.25, 0.3) is 5.65 Å². The number of aromatic nitrogens is 2. The van der Waals surface area contributed by atoms with Crippen LogP contribution in [-0.4, -0.2) is 27.9 Å². The average molecular weight is 351 g/mol. The number of fused-ring (bicyclic) bond motifs is 1. The molecule has 3 N–H and O–H groups in total. The quantitative estimate of drug-likeness (QED) is 0.891. The number of rotatable bonds is 3. The van der Waals surface area contributed by atoms with Crippen LogP contribution in [0.1, 0.15) is 30.8 Å². The Morgan fingerprint density at radius 3 is 3.05 bits per heavy atom. The molecule has 5 nitrogen and oxygen atoms in total. The van der Waals surface area contributed by atoms with Gasteiger partial charge in [-0.3, -0.25) is 9.20 Å². The highest BCUT2D eigenvalue weighted by molar-refractivity contribution is 9.10. The maximum absolute atomic E-state index is 12.5. The SMILES string of the molecule is CC1(C)C(CN)CC1NC(=O)c1cnc2c(Br)cccn12. The maximum Gasteiger partial charge on any atom is 0.270 e. The molecule has 0 bridgehead atoms. The normalized spacial score (nSPS) is 23.8. The minimum atomic E-state index is -0.0888. The number of carbonyl (C=O) groups is 1. The van der Waals surface area contributed by atoms with E-state index in [1.54, 1.807) is 10.6 Å². The second-order valence-electron chi connectivity index (χ2n) is 6.21. The van der Waals surface area contributed by atoms with Crippen LogP contribution in [0, 0.1) is 11.3 Å². The van der Waals surface area contributed by atoms with Gasteiger partial charge in [0, 0.05) is 12.2 Å². The second-order valence-corrected chi connectivity index (χ2v) is 7.06. The summed E-state index contributed by atoms with van der Waals surface area (Å²) in [6.07, 6.45) is 4.40. The number of carbonyl (C=O) groups excluding carboxylic acids is 1. The highest BCUT2D eigenvalue weighted by atomic mass is 79.9. The number of pyridine rings is 1. The molecule has 6 heteroatoms. The van der Waals surface area contributed by atoms with Gasteiger partial charge in [0.05, 0.1) is 10.7 Å². The lowest BCUT2D eigenvalue weighted by Crippen LogP contribution is -2.60. The lowest BCUT2D eigenvalue weighted by Gasteiger charge is -2.52. The van der Waals surface area contributed by atoms with E-state index in [-0.39, 0.29) is 17.4 Å². The third-order valence-electron chi connectivity index (χ3n) is 4.78. The Morgan fingerprint density at radius 1 is 1.62 bits per heavy atom. The summed E-state index contributed by atoms with van der Waals surface area (Å²) >= 11 is 3.44. The van der Waals surface area contributed by atoms with Gasteiger partial charge in [0.2, 0.25) is 0 Å². The van der Waals surface area contributed by atoms with Crippen molar-refractivity contribution in [3.8, 4) is 0 Å². The van der Waals surface area contributed by atoms with Crippen LogP contribution in [0.2, 0.25) is 0 Å². The third kappa shape index (κ3) is 2.26. The Bertz CT molecular complexity index is 694. The van der Waals surface area contributed by atoms with Crippen LogP contribution < -0.4 is 11.1 Å². The van der Waals surface area contributed by atoms with Gasteiger partial charge in [-0.2, -0.15) is 0 Å². The van der Waals surface area contributed by atoms with Gasteiger partial charge in [0.15, 0.2) is 5.65 Å². The molecule has 2 aromatic rings. The summed E-state index contributed by atoms with van der Waals surface area (Å²) in [6, 6.07) is 3.95. The molecular formula is C15H19BrN4O. The molecule has 1 saturated carbocycles. The maximum atomic E-state index is 12.5. The van der Waals surface area contributed by atoms with E-state index in [9.17, 15) is 4.79 Å². The molecular weight excluding hydrogens is 332 g/mol. The summed E-state index contributed by atoms with van der Waals surface area (Å²) in [5.41, 5.74) is 7.10. The first-order valence-corrected chi connectivity index (χ1v) is 7.87. The molecule has 3 rings (SSSR count). The van der Waals surface area contributed by atoms with Crippen LogP contribution in [0.4, 0.5) is 0 Å². The fourth-order valence-electron chi connectivity index (χ4n) is 3.04. The van der Waals surface area contributed by atoms with E-state index in [1.165, 1.54) is 0 Å². The fraction of sp³-hybridized carbons (Fsp3) is 0.467. The number of nitrogens with zero attached hydrogens (tertiary/aromatic N) is 2. The fourth-order valence-corrected chi connectivity index (χ4v) is 3.48. The van der Waals surface area contributed by atoms with Gasteiger partial charge in [0.1, 0.15) is 5.69 Å². The Balaban J connectivity index is 1.81. The van der Waals surface area contributed by atoms with E-state index in [0.717, 1.165) is 16.5 Å². The van der Waals surface area contributed by atoms with Crippen molar-refractivity contribution < 1.29 is 4.79 Å². The van der Waals surface area contributed by atoms with Crippen molar-refractivity contribution in [1.29, 1.82) is 0 Å². The predicted molar refractivity (Wildman–Crippen MR) is 85.1 cm³/mol. The minimum Gasteiger partial charge on any atom is -0.347 e. The molecule has 2 aromatic heterocycles. The third-order valence-corrected chi connectivity index (χ3v) is 5.40. The average Bonchev–Trinajstić information content (AvgIpc) is 2.88. The summed E-state index contributed by atoms with van der Waals surface area (Å²) in [6.45, 7) is 4.98. The van der Waals surface area contributed by atoms with Crippen LogP contribution >= 0.6 is 15.9 Å². The molecule has 2 unspecified atom stereocenters. The molecule has 0 spiro atoms. The first-order chi connectivity index (χ1) is 9.95.